The van der Waals surface area contributed by atoms with Crippen molar-refractivity contribution in [3.63, 3.8) is 0 Å². The van der Waals surface area contributed by atoms with E-state index >= 15 is 0 Å². The van der Waals surface area contributed by atoms with Crippen molar-refractivity contribution in [3.05, 3.63) is 72.1 Å². The zero-order valence-corrected chi connectivity index (χ0v) is 20.7. The second-order valence-corrected chi connectivity index (χ2v) is 9.66. The summed E-state index contributed by atoms with van der Waals surface area (Å²) >= 11 is 0. The second kappa shape index (κ2) is 9.61. The molecule has 0 saturated carbocycles. The van der Waals surface area contributed by atoms with Crippen LogP contribution < -0.4 is 9.80 Å². The maximum atomic E-state index is 13.3. The van der Waals surface area contributed by atoms with E-state index in [1.807, 2.05) is 66.4 Å². The van der Waals surface area contributed by atoms with E-state index in [1.54, 1.807) is 15.9 Å². The van der Waals surface area contributed by atoms with Crippen LogP contribution in [0.1, 0.15) is 17.5 Å². The van der Waals surface area contributed by atoms with Crippen LogP contribution in [0.2, 0.25) is 0 Å². The van der Waals surface area contributed by atoms with Crippen molar-refractivity contribution < 1.29 is 9.59 Å². The third-order valence-electron chi connectivity index (χ3n) is 7.17. The van der Waals surface area contributed by atoms with Crippen molar-refractivity contribution in [3.8, 4) is 0 Å². The summed E-state index contributed by atoms with van der Waals surface area (Å²) in [5.41, 5.74) is 4.46. The van der Waals surface area contributed by atoms with Gasteiger partial charge in [-0.15, -0.1) is 5.10 Å². The number of piperazine rings is 1. The average Bonchev–Trinajstić information content (AvgIpc) is 3.53. The number of rotatable bonds is 5. The standard InChI is InChI=1S/C27H28N8O2/c1-19-7-9-22(10-8-19)34-17-21(15-23(34)36)27(37)33-13-11-32(12-14-33)25-24-26(29-18-28-25)35(31-30-24)16-20-5-3-2-4-6-20/h2-10,18,21H,11-17H2,1H3/t21-/m0/s1. The van der Waals surface area contributed by atoms with Crippen LogP contribution in [-0.2, 0) is 16.1 Å². The zero-order chi connectivity index (χ0) is 25.4. The first-order valence-corrected chi connectivity index (χ1v) is 12.6. The SMILES string of the molecule is Cc1ccc(N2C[C@@H](C(=O)N3CCN(c4ncnc5c4nnn5Cc4ccccc4)CC3)CC2=O)cc1. The van der Waals surface area contributed by atoms with E-state index in [9.17, 15) is 9.59 Å². The van der Waals surface area contributed by atoms with Crippen LogP contribution in [0.25, 0.3) is 11.2 Å². The Morgan fingerprint density at radius 2 is 1.73 bits per heavy atom. The molecule has 2 fully saturated rings. The fourth-order valence-electron chi connectivity index (χ4n) is 5.12. The molecule has 188 valence electrons. The predicted molar refractivity (Wildman–Crippen MR) is 139 cm³/mol. The van der Waals surface area contributed by atoms with Gasteiger partial charge >= 0.3 is 0 Å². The topological polar surface area (TPSA) is 100 Å². The molecule has 10 nitrogen and oxygen atoms in total. The number of hydrogen-bond acceptors (Lipinski definition) is 7. The Labute approximate surface area is 214 Å². The van der Waals surface area contributed by atoms with Gasteiger partial charge in [-0.3, -0.25) is 9.59 Å². The first-order valence-electron chi connectivity index (χ1n) is 12.6. The molecule has 37 heavy (non-hydrogen) atoms. The number of hydrogen-bond donors (Lipinski definition) is 0. The van der Waals surface area contributed by atoms with Gasteiger partial charge in [0.1, 0.15) is 6.33 Å². The van der Waals surface area contributed by atoms with Crippen LogP contribution in [0.4, 0.5) is 11.5 Å². The van der Waals surface area contributed by atoms with Gasteiger partial charge in [0, 0.05) is 44.8 Å². The normalized spacial score (nSPS) is 18.1. The molecule has 1 atom stereocenters. The quantitative estimate of drug-likeness (QED) is 0.418. The van der Waals surface area contributed by atoms with Gasteiger partial charge < -0.3 is 14.7 Å². The minimum absolute atomic E-state index is 0.00260. The summed E-state index contributed by atoms with van der Waals surface area (Å²) in [6.07, 6.45) is 1.80. The first kappa shape index (κ1) is 23.1. The van der Waals surface area contributed by atoms with Crippen LogP contribution in [0.3, 0.4) is 0 Å². The number of amides is 2. The molecule has 0 unspecified atom stereocenters. The summed E-state index contributed by atoms with van der Waals surface area (Å²) in [5.74, 6) is 0.467. The van der Waals surface area contributed by atoms with Crippen LogP contribution in [0, 0.1) is 12.8 Å². The highest BCUT2D eigenvalue weighted by molar-refractivity contribution is 6.00. The van der Waals surface area contributed by atoms with E-state index in [-0.39, 0.29) is 24.2 Å². The number of aromatic nitrogens is 5. The van der Waals surface area contributed by atoms with Crippen molar-refractivity contribution in [1.29, 1.82) is 0 Å². The molecule has 0 radical (unpaired) electrons. The summed E-state index contributed by atoms with van der Waals surface area (Å²) in [7, 11) is 0. The van der Waals surface area contributed by atoms with E-state index < -0.39 is 0 Å². The fraction of sp³-hybridized carbons (Fsp3) is 0.333. The number of carbonyl (C=O) groups excluding carboxylic acids is 2. The molecule has 2 aromatic heterocycles. The Morgan fingerprint density at radius 1 is 0.973 bits per heavy atom. The van der Waals surface area contributed by atoms with E-state index in [1.165, 1.54) is 0 Å². The Morgan fingerprint density at radius 3 is 2.49 bits per heavy atom. The molecule has 2 aliphatic heterocycles. The van der Waals surface area contributed by atoms with Crippen LogP contribution in [-0.4, -0.2) is 74.4 Å². The molecule has 4 aromatic rings. The predicted octanol–water partition coefficient (Wildman–Crippen LogP) is 2.28. The third kappa shape index (κ3) is 4.50. The van der Waals surface area contributed by atoms with Crippen molar-refractivity contribution in [2.45, 2.75) is 19.9 Å². The van der Waals surface area contributed by atoms with Crippen molar-refractivity contribution in [1.82, 2.24) is 29.9 Å². The smallest absolute Gasteiger partial charge is 0.228 e. The van der Waals surface area contributed by atoms with Crippen LogP contribution in [0.5, 0.6) is 0 Å². The summed E-state index contributed by atoms with van der Waals surface area (Å²) in [4.78, 5) is 40.6. The summed E-state index contributed by atoms with van der Waals surface area (Å²) < 4.78 is 1.78. The van der Waals surface area contributed by atoms with E-state index in [0.29, 0.717) is 50.4 Å². The Kier molecular flexibility index (Phi) is 5.99. The Balaban J connectivity index is 1.11. The number of aryl methyl sites for hydroxylation is 1. The van der Waals surface area contributed by atoms with Gasteiger partial charge in [0.25, 0.3) is 0 Å². The number of benzene rings is 2. The number of carbonyl (C=O) groups is 2. The van der Waals surface area contributed by atoms with E-state index in [2.05, 4.69) is 25.2 Å². The van der Waals surface area contributed by atoms with Crippen LogP contribution >= 0.6 is 0 Å². The molecular formula is C27H28N8O2. The lowest BCUT2D eigenvalue weighted by Gasteiger charge is -2.36. The molecule has 0 N–H and O–H groups in total. The molecule has 2 saturated heterocycles. The number of fused-ring (bicyclic) bond motifs is 1. The van der Waals surface area contributed by atoms with Gasteiger partial charge in [-0.2, -0.15) is 0 Å². The van der Waals surface area contributed by atoms with Crippen molar-refractivity contribution in [2.75, 3.05) is 42.5 Å². The molecule has 0 aliphatic carbocycles. The van der Waals surface area contributed by atoms with Crippen molar-refractivity contribution >= 4 is 34.5 Å². The van der Waals surface area contributed by atoms with Gasteiger partial charge in [-0.05, 0) is 24.6 Å². The van der Waals surface area contributed by atoms with Gasteiger partial charge in [0.15, 0.2) is 17.0 Å². The number of nitrogens with zero attached hydrogens (tertiary/aromatic N) is 8. The van der Waals surface area contributed by atoms with Gasteiger partial charge in [0.05, 0.1) is 12.5 Å². The molecule has 2 aliphatic rings. The molecule has 0 bridgehead atoms. The lowest BCUT2D eigenvalue weighted by molar-refractivity contribution is -0.136. The van der Waals surface area contributed by atoms with E-state index in [0.717, 1.165) is 22.6 Å². The maximum Gasteiger partial charge on any atom is 0.228 e. The summed E-state index contributed by atoms with van der Waals surface area (Å²) in [5, 5.41) is 8.70. The second-order valence-electron chi connectivity index (χ2n) is 9.66. The number of anilines is 2. The average molecular weight is 497 g/mol. The minimum Gasteiger partial charge on any atom is -0.351 e. The molecule has 2 amide bonds. The lowest BCUT2D eigenvalue weighted by Crippen LogP contribution is -2.51. The van der Waals surface area contributed by atoms with E-state index in [4.69, 9.17) is 0 Å². The largest absolute Gasteiger partial charge is 0.351 e. The highest BCUT2D eigenvalue weighted by Gasteiger charge is 2.38. The molecule has 2 aromatic carbocycles. The highest BCUT2D eigenvalue weighted by Crippen LogP contribution is 2.28. The Hall–Kier alpha value is -4.34. The Bertz CT molecular complexity index is 1430. The monoisotopic (exact) mass is 496 g/mol. The molecule has 0 spiro atoms. The molecule has 10 heteroatoms. The minimum atomic E-state index is -0.316. The van der Waals surface area contributed by atoms with Gasteiger partial charge in [-0.1, -0.05) is 53.2 Å². The first-order chi connectivity index (χ1) is 18.1. The third-order valence-corrected chi connectivity index (χ3v) is 7.17. The molecular weight excluding hydrogens is 468 g/mol. The summed E-state index contributed by atoms with van der Waals surface area (Å²) in [6.45, 7) is 5.42. The van der Waals surface area contributed by atoms with Crippen LogP contribution in [0.15, 0.2) is 60.9 Å². The van der Waals surface area contributed by atoms with Crippen molar-refractivity contribution in [2.24, 2.45) is 5.92 Å². The maximum absolute atomic E-state index is 13.3. The summed E-state index contributed by atoms with van der Waals surface area (Å²) in [6, 6.07) is 17.9. The van der Waals surface area contributed by atoms with Gasteiger partial charge in [-0.25, -0.2) is 14.6 Å². The molecule has 6 rings (SSSR count). The zero-order valence-electron chi connectivity index (χ0n) is 20.7. The highest BCUT2D eigenvalue weighted by atomic mass is 16.2. The fourth-order valence-corrected chi connectivity index (χ4v) is 5.12. The lowest BCUT2D eigenvalue weighted by atomic mass is 10.1. The molecule has 4 heterocycles. The van der Waals surface area contributed by atoms with Gasteiger partial charge in [0.2, 0.25) is 11.8 Å².